The molecule has 4 heterocycles. The van der Waals surface area contributed by atoms with E-state index in [0.29, 0.717) is 35.9 Å². The van der Waals surface area contributed by atoms with Gasteiger partial charge in [-0.05, 0) is 70.4 Å². The van der Waals surface area contributed by atoms with Crippen molar-refractivity contribution in [3.05, 3.63) is 36.0 Å². The van der Waals surface area contributed by atoms with Crippen LogP contribution in [0.4, 0.5) is 11.5 Å². The van der Waals surface area contributed by atoms with Gasteiger partial charge in [-0.2, -0.15) is 0 Å². The Labute approximate surface area is 217 Å². The average Bonchev–Trinajstić information content (AvgIpc) is 3.52. The summed E-state index contributed by atoms with van der Waals surface area (Å²) in [4.78, 5) is 14.5. The molecule has 2 atom stereocenters. The topological polar surface area (TPSA) is 103 Å². The number of hydrogen-bond acceptors (Lipinski definition) is 8. The number of aromatic nitrogens is 2. The van der Waals surface area contributed by atoms with E-state index < -0.39 is 0 Å². The van der Waals surface area contributed by atoms with E-state index in [1.165, 1.54) is 25.8 Å². The number of anilines is 2. The fourth-order valence-electron chi connectivity index (χ4n) is 6.19. The van der Waals surface area contributed by atoms with E-state index in [9.17, 15) is 0 Å². The van der Waals surface area contributed by atoms with Crippen molar-refractivity contribution >= 4 is 44.1 Å². The number of likely N-dealkylation sites (N-methyl/N-ethyl adjacent to an activating group) is 1. The molecule has 4 aromatic rings. The molecule has 0 amide bonds. The lowest BCUT2D eigenvalue weighted by molar-refractivity contribution is 0.138. The largest absolute Gasteiger partial charge is 0.493 e. The number of methoxy groups -OCH3 is 1. The zero-order valence-corrected chi connectivity index (χ0v) is 22.0. The van der Waals surface area contributed by atoms with E-state index in [1.807, 2.05) is 31.2 Å². The Morgan fingerprint density at radius 2 is 1.81 bits per heavy atom. The zero-order chi connectivity index (χ0) is 25.7. The highest BCUT2D eigenvalue weighted by Gasteiger charge is 2.30. The molecule has 0 radical (unpaired) electrons. The summed E-state index contributed by atoms with van der Waals surface area (Å²) in [6, 6.07) is 9.02. The normalized spacial score (nSPS) is 20.9. The van der Waals surface area contributed by atoms with Gasteiger partial charge in [-0.1, -0.05) is 6.07 Å². The summed E-state index contributed by atoms with van der Waals surface area (Å²) >= 11 is 0. The van der Waals surface area contributed by atoms with Crippen LogP contribution in [0.1, 0.15) is 31.2 Å². The van der Waals surface area contributed by atoms with Crippen molar-refractivity contribution < 1.29 is 9.47 Å². The lowest BCUT2D eigenvalue weighted by atomic mass is 9.99. The van der Waals surface area contributed by atoms with Crippen LogP contribution >= 0.6 is 0 Å². The molecule has 0 aliphatic carbocycles. The number of hydrogen-bond donors (Lipinski definition) is 2. The minimum absolute atomic E-state index is 0.419. The molecule has 2 saturated heterocycles. The van der Waals surface area contributed by atoms with Gasteiger partial charge in [-0.3, -0.25) is 9.88 Å². The lowest BCUT2D eigenvalue weighted by Crippen LogP contribution is -2.42. The fourth-order valence-corrected chi connectivity index (χ4v) is 6.19. The van der Waals surface area contributed by atoms with Gasteiger partial charge in [0.15, 0.2) is 11.5 Å². The summed E-state index contributed by atoms with van der Waals surface area (Å²) in [7, 11) is 3.93. The maximum absolute atomic E-state index is 6.43. The number of likely N-dealkylation sites (tertiary alicyclic amines) is 2. The monoisotopic (exact) mass is 500 g/mol. The molecule has 2 aliphatic heterocycles. The van der Waals surface area contributed by atoms with Crippen LogP contribution in [0, 0.1) is 6.92 Å². The Hall–Kier alpha value is -3.36. The molecular weight excluding hydrogens is 464 g/mol. The van der Waals surface area contributed by atoms with Gasteiger partial charge in [0.05, 0.1) is 18.1 Å². The molecule has 4 N–H and O–H groups in total. The second kappa shape index (κ2) is 9.50. The van der Waals surface area contributed by atoms with Gasteiger partial charge >= 0.3 is 0 Å². The second-order valence-corrected chi connectivity index (χ2v) is 10.6. The van der Waals surface area contributed by atoms with Crippen LogP contribution in [0.25, 0.3) is 32.6 Å². The summed E-state index contributed by atoms with van der Waals surface area (Å²) in [5, 5.41) is 3.77. The fraction of sp³-hybridized carbons (Fsp3) is 0.448. The Morgan fingerprint density at radius 3 is 2.59 bits per heavy atom. The summed E-state index contributed by atoms with van der Waals surface area (Å²) < 4.78 is 12.2. The number of fused-ring (bicyclic) bond motifs is 5. The number of rotatable bonds is 6. The van der Waals surface area contributed by atoms with Crippen LogP contribution in [0.15, 0.2) is 30.5 Å². The smallest absolute Gasteiger partial charge is 0.163 e. The van der Waals surface area contributed by atoms with Crippen LogP contribution in [-0.2, 0) is 0 Å². The molecule has 0 saturated carbocycles. The molecule has 0 unspecified atom stereocenters. The number of aryl methyl sites for hydroxylation is 1. The summed E-state index contributed by atoms with van der Waals surface area (Å²) in [6.07, 6.45) is 6.78. The van der Waals surface area contributed by atoms with Gasteiger partial charge in [-0.25, -0.2) is 4.98 Å². The third kappa shape index (κ3) is 4.18. The van der Waals surface area contributed by atoms with E-state index in [1.54, 1.807) is 13.3 Å². The van der Waals surface area contributed by atoms with Crippen LogP contribution < -0.4 is 20.9 Å². The van der Waals surface area contributed by atoms with Crippen molar-refractivity contribution in [2.45, 2.75) is 44.7 Å². The first kappa shape index (κ1) is 24.0. The Morgan fingerprint density at radius 1 is 1.00 bits per heavy atom. The van der Waals surface area contributed by atoms with Gasteiger partial charge in [0.2, 0.25) is 0 Å². The third-order valence-electron chi connectivity index (χ3n) is 8.45. The summed E-state index contributed by atoms with van der Waals surface area (Å²) in [5.74, 6) is 1.86. The Kier molecular flexibility index (Phi) is 6.16. The number of pyridine rings is 2. The van der Waals surface area contributed by atoms with Crippen molar-refractivity contribution in [1.82, 2.24) is 19.8 Å². The van der Waals surface area contributed by atoms with Crippen molar-refractivity contribution in [2.24, 2.45) is 0 Å². The molecule has 37 heavy (non-hydrogen) atoms. The SMILES string of the molecule is COc1cc2c(cc1OC[C@@H]1CCCN1C[C@@H]1CCCN1C)ncc1c(N)nc3c(C)c(N)ccc3c12. The maximum atomic E-state index is 6.43. The first-order chi connectivity index (χ1) is 17.9. The lowest BCUT2D eigenvalue weighted by Gasteiger charge is -2.30. The molecule has 0 spiro atoms. The summed E-state index contributed by atoms with van der Waals surface area (Å²) in [5.41, 5.74) is 15.8. The third-order valence-corrected chi connectivity index (χ3v) is 8.45. The maximum Gasteiger partial charge on any atom is 0.163 e. The van der Waals surface area contributed by atoms with Crippen LogP contribution in [0.2, 0.25) is 0 Å². The van der Waals surface area contributed by atoms with Gasteiger partial charge in [0.25, 0.3) is 0 Å². The average molecular weight is 501 g/mol. The first-order valence-electron chi connectivity index (χ1n) is 13.3. The summed E-state index contributed by atoms with van der Waals surface area (Å²) in [6.45, 7) is 6.10. The van der Waals surface area contributed by atoms with Gasteiger partial charge in [0.1, 0.15) is 12.4 Å². The van der Waals surface area contributed by atoms with Crippen molar-refractivity contribution in [1.29, 1.82) is 0 Å². The van der Waals surface area contributed by atoms with Crippen LogP contribution in [0.3, 0.4) is 0 Å². The Bertz CT molecular complexity index is 1490. The zero-order valence-electron chi connectivity index (χ0n) is 22.0. The number of nitrogens with two attached hydrogens (primary N) is 2. The van der Waals surface area contributed by atoms with Crippen molar-refractivity contribution in [2.75, 3.05) is 51.9 Å². The molecule has 0 bridgehead atoms. The predicted octanol–water partition coefficient (Wildman–Crippen LogP) is 4.36. The predicted molar refractivity (Wildman–Crippen MR) is 150 cm³/mol. The van der Waals surface area contributed by atoms with E-state index in [0.717, 1.165) is 63.4 Å². The molecule has 2 aliphatic rings. The highest BCUT2D eigenvalue weighted by molar-refractivity contribution is 6.21. The minimum atomic E-state index is 0.419. The molecule has 2 aromatic carbocycles. The second-order valence-electron chi connectivity index (χ2n) is 10.6. The van der Waals surface area contributed by atoms with E-state index in [4.69, 9.17) is 25.9 Å². The molecular formula is C29H36N6O2. The van der Waals surface area contributed by atoms with Crippen molar-refractivity contribution in [3.8, 4) is 11.5 Å². The van der Waals surface area contributed by atoms with E-state index in [2.05, 4.69) is 21.8 Å². The standard InChI is InChI=1S/C29H36N6O2/c1-17-23(30)9-8-20-27-21-12-25(36-3)26(13-24(21)32-14-22(27)29(31)33-28(17)20)37-16-19-7-5-11-35(19)15-18-6-4-10-34(18)2/h8-9,12-14,18-19H,4-7,10-11,15-16,30H2,1-3H3,(H2,31,33)/t18-,19-/m0/s1. The van der Waals surface area contributed by atoms with Crippen molar-refractivity contribution in [3.63, 3.8) is 0 Å². The van der Waals surface area contributed by atoms with Crippen LogP contribution in [-0.4, -0.2) is 72.3 Å². The number of nitrogen functional groups attached to an aromatic ring is 2. The van der Waals surface area contributed by atoms with E-state index in [-0.39, 0.29) is 0 Å². The van der Waals surface area contributed by atoms with E-state index >= 15 is 0 Å². The first-order valence-corrected chi connectivity index (χ1v) is 13.3. The highest BCUT2D eigenvalue weighted by Crippen LogP contribution is 2.40. The number of nitrogens with zero attached hydrogens (tertiary/aromatic N) is 4. The Balaban J connectivity index is 1.35. The molecule has 194 valence electrons. The molecule has 8 heteroatoms. The van der Waals surface area contributed by atoms with Crippen LogP contribution in [0.5, 0.6) is 11.5 Å². The minimum Gasteiger partial charge on any atom is -0.493 e. The van der Waals surface area contributed by atoms with Gasteiger partial charge in [-0.15, -0.1) is 0 Å². The molecule has 8 nitrogen and oxygen atoms in total. The van der Waals surface area contributed by atoms with Gasteiger partial charge in [0, 0.05) is 58.1 Å². The number of ether oxygens (including phenoxy) is 2. The highest BCUT2D eigenvalue weighted by atomic mass is 16.5. The number of benzene rings is 2. The molecule has 6 rings (SSSR count). The molecule has 2 fully saturated rings. The van der Waals surface area contributed by atoms with Gasteiger partial charge < -0.3 is 25.8 Å². The molecule has 2 aromatic heterocycles. The quantitative estimate of drug-likeness (QED) is 0.297.